The SMILES string of the molecule is O=C(CSc1n[nH]c(-c2cc(Br)ccc2O)n1)Nc1cccc(C(=O)O)c1. The third-order valence-electron chi connectivity index (χ3n) is 3.40. The van der Waals surface area contributed by atoms with E-state index in [1.54, 1.807) is 24.3 Å². The van der Waals surface area contributed by atoms with Gasteiger partial charge in [0.15, 0.2) is 5.82 Å². The second kappa shape index (κ2) is 8.23. The number of phenols is 1. The Balaban J connectivity index is 1.61. The van der Waals surface area contributed by atoms with E-state index in [2.05, 4.69) is 36.4 Å². The van der Waals surface area contributed by atoms with Crippen LogP contribution in [0.4, 0.5) is 5.69 Å². The number of amides is 1. The number of nitrogens with one attached hydrogen (secondary N) is 2. The average molecular weight is 449 g/mol. The molecule has 0 atom stereocenters. The normalized spacial score (nSPS) is 10.6. The quantitative estimate of drug-likeness (QED) is 0.425. The monoisotopic (exact) mass is 448 g/mol. The molecule has 1 aromatic heterocycles. The maximum absolute atomic E-state index is 12.1. The lowest BCUT2D eigenvalue weighted by Crippen LogP contribution is -2.14. The second-order valence-electron chi connectivity index (χ2n) is 5.35. The number of aromatic carboxylic acids is 1. The zero-order chi connectivity index (χ0) is 19.4. The number of nitrogens with zero attached hydrogens (tertiary/aromatic N) is 2. The summed E-state index contributed by atoms with van der Waals surface area (Å²) in [7, 11) is 0. The van der Waals surface area contributed by atoms with Gasteiger partial charge in [-0.2, -0.15) is 0 Å². The van der Waals surface area contributed by atoms with Gasteiger partial charge in [0.1, 0.15) is 5.75 Å². The fourth-order valence-electron chi connectivity index (χ4n) is 2.19. The van der Waals surface area contributed by atoms with Crippen molar-refractivity contribution in [3.05, 3.63) is 52.5 Å². The van der Waals surface area contributed by atoms with Gasteiger partial charge in [0, 0.05) is 10.2 Å². The van der Waals surface area contributed by atoms with Gasteiger partial charge in [-0.1, -0.05) is 33.8 Å². The second-order valence-corrected chi connectivity index (χ2v) is 7.21. The fraction of sp³-hybridized carbons (Fsp3) is 0.0588. The molecule has 3 rings (SSSR count). The molecular weight excluding hydrogens is 436 g/mol. The number of hydrogen-bond acceptors (Lipinski definition) is 6. The summed E-state index contributed by atoms with van der Waals surface area (Å²) < 4.78 is 0.781. The molecule has 0 saturated heterocycles. The number of phenolic OH excluding ortho intramolecular Hbond substituents is 1. The average Bonchev–Trinajstić information content (AvgIpc) is 3.11. The molecule has 0 radical (unpaired) electrons. The minimum atomic E-state index is -1.07. The molecular formula is C17H13BrN4O4S. The molecule has 8 nitrogen and oxygen atoms in total. The Bertz CT molecular complexity index is 1010. The summed E-state index contributed by atoms with van der Waals surface area (Å²) in [5.41, 5.74) is 0.974. The van der Waals surface area contributed by atoms with E-state index >= 15 is 0 Å². The minimum Gasteiger partial charge on any atom is -0.507 e. The van der Waals surface area contributed by atoms with Crippen LogP contribution in [0.15, 0.2) is 52.1 Å². The van der Waals surface area contributed by atoms with Crippen LogP contribution in [0.1, 0.15) is 10.4 Å². The van der Waals surface area contributed by atoms with Crippen molar-refractivity contribution in [3.63, 3.8) is 0 Å². The van der Waals surface area contributed by atoms with Crippen LogP contribution >= 0.6 is 27.7 Å². The molecule has 0 fully saturated rings. The Morgan fingerprint density at radius 3 is 2.81 bits per heavy atom. The molecule has 0 aliphatic rings. The number of hydrogen-bond donors (Lipinski definition) is 4. The molecule has 0 saturated carbocycles. The van der Waals surface area contributed by atoms with Gasteiger partial charge in [-0.15, -0.1) is 5.10 Å². The standard InChI is InChI=1S/C17H13BrN4O4S/c18-10-4-5-13(23)12(7-10)15-20-17(22-21-15)27-8-14(24)19-11-3-1-2-9(6-11)16(25)26/h1-7,23H,8H2,(H,19,24)(H,25,26)(H,20,21,22). The lowest BCUT2D eigenvalue weighted by molar-refractivity contribution is -0.113. The number of carbonyl (C=O) groups excluding carboxylic acids is 1. The van der Waals surface area contributed by atoms with Crippen molar-refractivity contribution in [3.8, 4) is 17.1 Å². The van der Waals surface area contributed by atoms with Crippen LogP contribution in [0, 0.1) is 0 Å². The number of anilines is 1. The van der Waals surface area contributed by atoms with E-state index in [-0.39, 0.29) is 23.0 Å². The van der Waals surface area contributed by atoms with Crippen molar-refractivity contribution in [2.75, 3.05) is 11.1 Å². The molecule has 0 aliphatic heterocycles. The molecule has 0 spiro atoms. The number of rotatable bonds is 6. The first-order valence-electron chi connectivity index (χ1n) is 7.59. The fourth-order valence-corrected chi connectivity index (χ4v) is 3.15. The molecule has 0 unspecified atom stereocenters. The highest BCUT2D eigenvalue weighted by Gasteiger charge is 2.13. The number of carboxylic acid groups (broad SMARTS) is 1. The van der Waals surface area contributed by atoms with Crippen LogP contribution in [0.25, 0.3) is 11.4 Å². The Labute approximate surface area is 166 Å². The van der Waals surface area contributed by atoms with Crippen molar-refractivity contribution in [2.45, 2.75) is 5.16 Å². The summed E-state index contributed by atoms with van der Waals surface area (Å²) >= 11 is 4.44. The summed E-state index contributed by atoms with van der Waals surface area (Å²) in [6.45, 7) is 0. The van der Waals surface area contributed by atoms with Crippen molar-refractivity contribution < 1.29 is 19.8 Å². The van der Waals surface area contributed by atoms with Gasteiger partial charge >= 0.3 is 5.97 Å². The number of aromatic hydroxyl groups is 1. The topological polar surface area (TPSA) is 128 Å². The largest absolute Gasteiger partial charge is 0.507 e. The highest BCUT2D eigenvalue weighted by Crippen LogP contribution is 2.30. The Hall–Kier alpha value is -2.85. The van der Waals surface area contributed by atoms with Gasteiger partial charge in [-0.05, 0) is 36.4 Å². The van der Waals surface area contributed by atoms with Gasteiger partial charge in [0.25, 0.3) is 0 Å². The summed E-state index contributed by atoms with van der Waals surface area (Å²) in [5.74, 6) is -0.907. The maximum atomic E-state index is 12.1. The summed E-state index contributed by atoms with van der Waals surface area (Å²) in [4.78, 5) is 27.3. The molecule has 1 heterocycles. The minimum absolute atomic E-state index is 0.0407. The van der Waals surface area contributed by atoms with E-state index in [9.17, 15) is 14.7 Å². The smallest absolute Gasteiger partial charge is 0.335 e. The highest BCUT2D eigenvalue weighted by atomic mass is 79.9. The molecule has 27 heavy (non-hydrogen) atoms. The summed E-state index contributed by atoms with van der Waals surface area (Å²) in [6.07, 6.45) is 0. The number of carbonyl (C=O) groups is 2. The lowest BCUT2D eigenvalue weighted by Gasteiger charge is -2.05. The maximum Gasteiger partial charge on any atom is 0.335 e. The van der Waals surface area contributed by atoms with Gasteiger partial charge in [-0.3, -0.25) is 9.89 Å². The van der Waals surface area contributed by atoms with Crippen molar-refractivity contribution in [1.82, 2.24) is 15.2 Å². The van der Waals surface area contributed by atoms with E-state index in [0.29, 0.717) is 22.2 Å². The van der Waals surface area contributed by atoms with E-state index in [0.717, 1.165) is 16.2 Å². The van der Waals surface area contributed by atoms with Gasteiger partial charge < -0.3 is 15.5 Å². The first-order chi connectivity index (χ1) is 12.9. The molecule has 2 aromatic carbocycles. The first kappa shape index (κ1) is 18.9. The van der Waals surface area contributed by atoms with E-state index in [4.69, 9.17) is 5.11 Å². The van der Waals surface area contributed by atoms with Crippen LogP contribution in [0.5, 0.6) is 5.75 Å². The Kier molecular flexibility index (Phi) is 5.77. The van der Waals surface area contributed by atoms with Crippen molar-refractivity contribution in [1.29, 1.82) is 0 Å². The third-order valence-corrected chi connectivity index (χ3v) is 4.74. The molecule has 10 heteroatoms. The summed E-state index contributed by atoms with van der Waals surface area (Å²) in [5, 5.41) is 28.6. The Morgan fingerprint density at radius 2 is 2.04 bits per heavy atom. The predicted molar refractivity (Wildman–Crippen MR) is 104 cm³/mol. The zero-order valence-corrected chi connectivity index (χ0v) is 16.0. The molecule has 138 valence electrons. The molecule has 3 aromatic rings. The van der Waals surface area contributed by atoms with E-state index in [1.807, 2.05) is 0 Å². The number of H-pyrrole nitrogens is 1. The van der Waals surface area contributed by atoms with E-state index < -0.39 is 5.97 Å². The lowest BCUT2D eigenvalue weighted by atomic mass is 10.2. The van der Waals surface area contributed by atoms with Crippen LogP contribution in [0.3, 0.4) is 0 Å². The number of halogens is 1. The molecule has 0 bridgehead atoms. The van der Waals surface area contributed by atoms with Gasteiger partial charge in [0.05, 0.1) is 16.9 Å². The summed E-state index contributed by atoms with van der Waals surface area (Å²) in [6, 6.07) is 10.9. The number of aromatic amines is 1. The number of benzene rings is 2. The predicted octanol–water partition coefficient (Wildman–Crippen LogP) is 3.37. The zero-order valence-electron chi connectivity index (χ0n) is 13.6. The van der Waals surface area contributed by atoms with Crippen molar-refractivity contribution in [2.24, 2.45) is 0 Å². The van der Waals surface area contributed by atoms with Gasteiger partial charge in [0.2, 0.25) is 11.1 Å². The van der Waals surface area contributed by atoms with Crippen LogP contribution < -0.4 is 5.32 Å². The van der Waals surface area contributed by atoms with Crippen LogP contribution in [0.2, 0.25) is 0 Å². The molecule has 1 amide bonds. The number of thioether (sulfide) groups is 1. The van der Waals surface area contributed by atoms with Gasteiger partial charge in [-0.25, -0.2) is 9.78 Å². The highest BCUT2D eigenvalue weighted by molar-refractivity contribution is 9.10. The first-order valence-corrected chi connectivity index (χ1v) is 9.37. The van der Waals surface area contributed by atoms with Crippen LogP contribution in [-0.4, -0.2) is 43.0 Å². The Morgan fingerprint density at radius 1 is 1.22 bits per heavy atom. The molecule has 4 N–H and O–H groups in total. The van der Waals surface area contributed by atoms with Crippen molar-refractivity contribution >= 4 is 45.3 Å². The molecule has 0 aliphatic carbocycles. The number of aromatic nitrogens is 3. The third kappa shape index (κ3) is 4.86. The van der Waals surface area contributed by atoms with Crippen LogP contribution in [-0.2, 0) is 4.79 Å². The number of carboxylic acids is 1. The van der Waals surface area contributed by atoms with E-state index in [1.165, 1.54) is 18.2 Å².